The van der Waals surface area contributed by atoms with Crippen molar-refractivity contribution in [2.45, 2.75) is 51.5 Å². The number of ether oxygens (including phenoxy) is 1. The molecule has 2 fully saturated rings. The zero-order valence-corrected chi connectivity index (χ0v) is 17.1. The molecule has 154 valence electrons. The van der Waals surface area contributed by atoms with Gasteiger partial charge in [-0.3, -0.25) is 9.69 Å². The third-order valence-electron chi connectivity index (χ3n) is 6.00. The van der Waals surface area contributed by atoms with Crippen molar-refractivity contribution >= 4 is 11.7 Å². The van der Waals surface area contributed by atoms with Crippen molar-refractivity contribution in [3.63, 3.8) is 0 Å². The number of nitrogens with one attached hydrogen (secondary N) is 1. The van der Waals surface area contributed by atoms with Gasteiger partial charge in [0.15, 0.2) is 11.6 Å². The van der Waals surface area contributed by atoms with E-state index in [9.17, 15) is 4.79 Å². The number of carbonyl (C=O) groups excluding carboxylic acids is 1. The van der Waals surface area contributed by atoms with Gasteiger partial charge in [0, 0.05) is 18.3 Å². The fraction of sp³-hybridized carbons (Fsp3) is 0.500. The van der Waals surface area contributed by atoms with E-state index in [1.165, 1.54) is 50.5 Å². The number of rotatable bonds is 7. The minimum Gasteiger partial charge on any atom is -0.489 e. The van der Waals surface area contributed by atoms with Gasteiger partial charge in [-0.2, -0.15) is 0 Å². The number of pyridine rings is 1. The molecule has 29 heavy (non-hydrogen) atoms. The molecule has 1 saturated heterocycles. The molecule has 5 heteroatoms. The summed E-state index contributed by atoms with van der Waals surface area (Å²) in [5, 5.41) is 2.95. The number of likely N-dealkylation sites (tertiary alicyclic amines) is 1. The quantitative estimate of drug-likeness (QED) is 0.728. The summed E-state index contributed by atoms with van der Waals surface area (Å²) in [5.41, 5.74) is 1.83. The van der Waals surface area contributed by atoms with Gasteiger partial charge in [0.2, 0.25) is 0 Å². The van der Waals surface area contributed by atoms with Crippen LogP contribution in [0.3, 0.4) is 0 Å². The van der Waals surface area contributed by atoms with Crippen molar-refractivity contribution in [3.05, 3.63) is 53.7 Å². The second kappa shape index (κ2) is 9.88. The van der Waals surface area contributed by atoms with Gasteiger partial charge >= 0.3 is 0 Å². The summed E-state index contributed by atoms with van der Waals surface area (Å²) in [5.74, 6) is 1.61. The summed E-state index contributed by atoms with van der Waals surface area (Å²) < 4.78 is 6.04. The lowest BCUT2D eigenvalue weighted by Gasteiger charge is -2.22. The monoisotopic (exact) mass is 393 g/mol. The first kappa shape index (κ1) is 19.9. The zero-order valence-electron chi connectivity index (χ0n) is 17.1. The standard InChI is InChI=1S/C24H31N3O2/c28-24(21-11-6-10-20(16-21)17-27-14-4-5-15-27)26-23-22(12-7-13-25-23)29-18-19-8-2-1-3-9-19/h6-7,10-13,16,19H,1-5,8-9,14-15,17-18H2,(H,25,26,28). The molecule has 4 rings (SSSR count). The molecule has 2 heterocycles. The maximum Gasteiger partial charge on any atom is 0.256 e. The number of amides is 1. The van der Waals surface area contributed by atoms with Crippen LogP contribution in [0.1, 0.15) is 60.9 Å². The van der Waals surface area contributed by atoms with Crippen molar-refractivity contribution in [1.82, 2.24) is 9.88 Å². The fourth-order valence-corrected chi connectivity index (χ4v) is 4.35. The van der Waals surface area contributed by atoms with Crippen molar-refractivity contribution in [3.8, 4) is 5.75 Å². The Hall–Kier alpha value is -2.40. The van der Waals surface area contributed by atoms with Crippen LogP contribution >= 0.6 is 0 Å². The number of anilines is 1. The van der Waals surface area contributed by atoms with Gasteiger partial charge in [-0.25, -0.2) is 4.98 Å². The molecule has 0 atom stereocenters. The Morgan fingerprint density at radius 3 is 2.72 bits per heavy atom. The number of hydrogen-bond donors (Lipinski definition) is 1. The van der Waals surface area contributed by atoms with Gasteiger partial charge in [0.25, 0.3) is 5.91 Å². The molecule has 1 aliphatic carbocycles. The lowest BCUT2D eigenvalue weighted by atomic mass is 9.90. The van der Waals surface area contributed by atoms with E-state index in [2.05, 4.69) is 21.3 Å². The number of aromatic nitrogens is 1. The second-order valence-electron chi connectivity index (χ2n) is 8.30. The molecule has 1 saturated carbocycles. The summed E-state index contributed by atoms with van der Waals surface area (Å²) in [6.45, 7) is 3.89. The highest BCUT2D eigenvalue weighted by atomic mass is 16.5. The topological polar surface area (TPSA) is 54.5 Å². The van der Waals surface area contributed by atoms with Crippen LogP contribution in [0.5, 0.6) is 5.75 Å². The van der Waals surface area contributed by atoms with Crippen LogP contribution in [0.4, 0.5) is 5.82 Å². The molecular weight excluding hydrogens is 362 g/mol. The van der Waals surface area contributed by atoms with E-state index in [1.54, 1.807) is 6.20 Å². The minimum atomic E-state index is -0.144. The molecule has 1 aromatic heterocycles. The predicted molar refractivity (Wildman–Crippen MR) is 115 cm³/mol. The van der Waals surface area contributed by atoms with E-state index in [0.717, 1.165) is 19.6 Å². The van der Waals surface area contributed by atoms with E-state index < -0.39 is 0 Å². The summed E-state index contributed by atoms with van der Waals surface area (Å²) in [4.78, 5) is 19.6. The second-order valence-corrected chi connectivity index (χ2v) is 8.30. The molecular formula is C24H31N3O2. The molecule has 1 aromatic carbocycles. The van der Waals surface area contributed by atoms with Crippen molar-refractivity contribution in [1.29, 1.82) is 0 Å². The van der Waals surface area contributed by atoms with Crippen LogP contribution in [0.25, 0.3) is 0 Å². The summed E-state index contributed by atoms with van der Waals surface area (Å²) >= 11 is 0. The molecule has 0 bridgehead atoms. The molecule has 2 aromatic rings. The Balaban J connectivity index is 1.39. The summed E-state index contributed by atoms with van der Waals surface area (Å²) in [7, 11) is 0. The average Bonchev–Trinajstić information content (AvgIpc) is 3.27. The van der Waals surface area contributed by atoms with E-state index in [4.69, 9.17) is 4.74 Å². The molecule has 0 spiro atoms. The Bertz CT molecular complexity index is 811. The molecule has 1 aliphatic heterocycles. The number of nitrogens with zero attached hydrogens (tertiary/aromatic N) is 2. The van der Waals surface area contributed by atoms with Crippen LogP contribution in [-0.2, 0) is 6.54 Å². The average molecular weight is 394 g/mol. The normalized spacial score (nSPS) is 17.9. The van der Waals surface area contributed by atoms with Crippen molar-refractivity contribution in [2.75, 3.05) is 25.0 Å². The lowest BCUT2D eigenvalue weighted by Crippen LogP contribution is -2.19. The van der Waals surface area contributed by atoms with Gasteiger partial charge in [0.05, 0.1) is 6.61 Å². The molecule has 2 aliphatic rings. The first-order chi connectivity index (χ1) is 14.3. The highest BCUT2D eigenvalue weighted by molar-refractivity contribution is 6.04. The highest BCUT2D eigenvalue weighted by Gasteiger charge is 2.17. The van der Waals surface area contributed by atoms with Gasteiger partial charge < -0.3 is 10.1 Å². The Labute approximate surface area is 173 Å². The Kier molecular flexibility index (Phi) is 6.78. The van der Waals surface area contributed by atoms with Gasteiger partial charge in [0.1, 0.15) is 0 Å². The van der Waals surface area contributed by atoms with Crippen LogP contribution < -0.4 is 10.1 Å². The number of hydrogen-bond acceptors (Lipinski definition) is 4. The first-order valence-electron chi connectivity index (χ1n) is 11.0. The summed E-state index contributed by atoms with van der Waals surface area (Å²) in [6, 6.07) is 11.6. The fourth-order valence-electron chi connectivity index (χ4n) is 4.35. The summed E-state index contributed by atoms with van der Waals surface area (Å²) in [6.07, 6.45) is 10.6. The Morgan fingerprint density at radius 1 is 1.07 bits per heavy atom. The van der Waals surface area contributed by atoms with Gasteiger partial charge in [-0.05, 0) is 74.5 Å². The lowest BCUT2D eigenvalue weighted by molar-refractivity contribution is 0.102. The number of carbonyl (C=O) groups is 1. The maximum atomic E-state index is 12.8. The highest BCUT2D eigenvalue weighted by Crippen LogP contribution is 2.27. The smallest absolute Gasteiger partial charge is 0.256 e. The largest absolute Gasteiger partial charge is 0.489 e. The molecule has 0 unspecified atom stereocenters. The third kappa shape index (κ3) is 5.57. The molecule has 1 amide bonds. The van der Waals surface area contributed by atoms with Crippen molar-refractivity contribution < 1.29 is 9.53 Å². The van der Waals surface area contributed by atoms with Crippen LogP contribution in [0.15, 0.2) is 42.6 Å². The van der Waals surface area contributed by atoms with Crippen LogP contribution in [0.2, 0.25) is 0 Å². The minimum absolute atomic E-state index is 0.144. The maximum absolute atomic E-state index is 12.8. The van der Waals surface area contributed by atoms with Crippen LogP contribution in [-0.4, -0.2) is 35.5 Å². The van der Waals surface area contributed by atoms with Gasteiger partial charge in [-0.1, -0.05) is 31.4 Å². The Morgan fingerprint density at radius 2 is 1.90 bits per heavy atom. The molecule has 1 N–H and O–H groups in total. The molecule has 5 nitrogen and oxygen atoms in total. The first-order valence-corrected chi connectivity index (χ1v) is 11.0. The van der Waals surface area contributed by atoms with E-state index >= 15 is 0 Å². The zero-order chi connectivity index (χ0) is 19.9. The predicted octanol–water partition coefficient (Wildman–Crippen LogP) is 4.89. The van der Waals surface area contributed by atoms with Crippen LogP contribution in [0, 0.1) is 5.92 Å². The van der Waals surface area contributed by atoms with E-state index in [-0.39, 0.29) is 5.91 Å². The number of benzene rings is 1. The van der Waals surface area contributed by atoms with E-state index in [1.807, 2.05) is 30.3 Å². The van der Waals surface area contributed by atoms with E-state index in [0.29, 0.717) is 29.7 Å². The SMILES string of the molecule is O=C(Nc1ncccc1OCC1CCCCC1)c1cccc(CN2CCCC2)c1. The third-order valence-corrected chi connectivity index (χ3v) is 6.00. The molecule has 0 radical (unpaired) electrons. The van der Waals surface area contributed by atoms with Crippen molar-refractivity contribution in [2.24, 2.45) is 5.92 Å². The van der Waals surface area contributed by atoms with Gasteiger partial charge in [-0.15, -0.1) is 0 Å².